The maximum absolute atomic E-state index is 12.0. The Morgan fingerprint density at radius 3 is 2.25 bits per heavy atom. The molecule has 28 heavy (non-hydrogen) atoms. The highest BCUT2D eigenvalue weighted by Crippen LogP contribution is 2.19. The lowest BCUT2D eigenvalue weighted by atomic mass is 9.94. The predicted octanol–water partition coefficient (Wildman–Crippen LogP) is 3.58. The number of rotatable bonds is 13. The van der Waals surface area contributed by atoms with Crippen molar-refractivity contribution in [3.63, 3.8) is 0 Å². The van der Waals surface area contributed by atoms with Gasteiger partial charge in [0.25, 0.3) is 0 Å². The maximum atomic E-state index is 12.0. The molecule has 5 nitrogen and oxygen atoms in total. The summed E-state index contributed by atoms with van der Waals surface area (Å²) in [7, 11) is 0. The molecule has 0 rings (SSSR count). The molecule has 0 radical (unpaired) electrons. The summed E-state index contributed by atoms with van der Waals surface area (Å²) >= 11 is -1.08. The van der Waals surface area contributed by atoms with Crippen LogP contribution in [0.25, 0.3) is 0 Å². The van der Waals surface area contributed by atoms with Crippen LogP contribution in [0.4, 0.5) is 0 Å². The molecular formula is C22H42N2O3S. The van der Waals surface area contributed by atoms with Gasteiger partial charge in [-0.05, 0) is 72.3 Å². The fourth-order valence-corrected chi connectivity index (χ4v) is 3.24. The van der Waals surface area contributed by atoms with Crippen LogP contribution in [0.2, 0.25) is 0 Å². The molecule has 0 aliphatic rings. The minimum Gasteiger partial charge on any atom is -0.598 e. The Morgan fingerprint density at radius 2 is 1.79 bits per heavy atom. The molecule has 0 saturated carbocycles. The summed E-state index contributed by atoms with van der Waals surface area (Å²) in [6.07, 6.45) is 4.86. The Balaban J connectivity index is 4.52. The molecule has 0 aromatic heterocycles. The van der Waals surface area contributed by atoms with Crippen LogP contribution in [0, 0.1) is 5.92 Å². The molecule has 0 heterocycles. The van der Waals surface area contributed by atoms with Crippen molar-refractivity contribution in [3.05, 3.63) is 36.5 Å². The van der Waals surface area contributed by atoms with Crippen molar-refractivity contribution in [3.8, 4) is 0 Å². The van der Waals surface area contributed by atoms with Crippen LogP contribution >= 0.6 is 0 Å². The lowest BCUT2D eigenvalue weighted by Gasteiger charge is -2.26. The maximum Gasteiger partial charge on any atom is 0.136 e. The van der Waals surface area contributed by atoms with E-state index in [2.05, 4.69) is 30.1 Å². The van der Waals surface area contributed by atoms with Crippen LogP contribution in [-0.4, -0.2) is 43.9 Å². The van der Waals surface area contributed by atoms with Gasteiger partial charge < -0.3 is 14.8 Å². The van der Waals surface area contributed by atoms with Crippen molar-refractivity contribution >= 4 is 11.4 Å². The highest BCUT2D eigenvalue weighted by atomic mass is 32.2. The fourth-order valence-electron chi connectivity index (χ4n) is 2.37. The summed E-state index contributed by atoms with van der Waals surface area (Å²) in [5, 5.41) is 23.8. The van der Waals surface area contributed by atoms with Crippen LogP contribution in [0.3, 0.4) is 0 Å². The molecule has 0 saturated heterocycles. The molecule has 0 amide bonds. The third-order valence-corrected chi connectivity index (χ3v) is 6.44. The summed E-state index contributed by atoms with van der Waals surface area (Å²) in [5.74, 6) is 0.302. The number of nitrogens with one attached hydrogen (secondary N) is 2. The summed E-state index contributed by atoms with van der Waals surface area (Å²) in [6.45, 7) is 21.7. The van der Waals surface area contributed by atoms with Gasteiger partial charge in [0.15, 0.2) is 0 Å². The van der Waals surface area contributed by atoms with Crippen LogP contribution in [-0.2, 0) is 11.4 Å². The summed E-state index contributed by atoms with van der Waals surface area (Å²) < 4.78 is 14.8. The second-order valence-corrected chi connectivity index (χ2v) is 11.0. The molecule has 0 bridgehead atoms. The van der Waals surface area contributed by atoms with Crippen molar-refractivity contribution in [1.29, 1.82) is 0 Å². The van der Waals surface area contributed by atoms with E-state index in [1.807, 2.05) is 40.7 Å². The summed E-state index contributed by atoms with van der Waals surface area (Å²) in [4.78, 5) is 0. The van der Waals surface area contributed by atoms with E-state index in [9.17, 15) is 14.8 Å². The van der Waals surface area contributed by atoms with E-state index in [0.29, 0.717) is 25.3 Å². The normalized spacial score (nSPS) is 19.4. The lowest BCUT2D eigenvalue weighted by molar-refractivity contribution is 0.111. The Kier molecular flexibility index (Phi) is 11.9. The lowest BCUT2D eigenvalue weighted by Crippen LogP contribution is -2.41. The first-order valence-electron chi connectivity index (χ1n) is 9.98. The van der Waals surface area contributed by atoms with Crippen molar-refractivity contribution in [2.75, 3.05) is 6.54 Å². The standard InChI is InChI=1S/C22H42N2O3S/c1-10-22(9,26)18(5)12-13-19(16(2)3)24-20(25)14-11-17(4)15-23-28(27)21(6,7)8/h10,12,17,19-20,23-26H,1-2,11,13-15H2,3-9H3/b18-12+/t17?,19?,20?,22-,28?/m1/s1. The largest absolute Gasteiger partial charge is 0.598 e. The van der Waals surface area contributed by atoms with E-state index in [-0.39, 0.29) is 10.8 Å². The van der Waals surface area contributed by atoms with Gasteiger partial charge in [-0.2, -0.15) is 0 Å². The monoisotopic (exact) mass is 414 g/mol. The zero-order valence-electron chi connectivity index (χ0n) is 18.8. The molecule has 0 fully saturated rings. The van der Waals surface area contributed by atoms with Gasteiger partial charge in [0, 0.05) is 23.9 Å². The van der Waals surface area contributed by atoms with Gasteiger partial charge in [-0.15, -0.1) is 4.72 Å². The van der Waals surface area contributed by atoms with E-state index in [0.717, 1.165) is 17.6 Å². The Hall–Kier alpha value is -0.630. The molecule has 0 aliphatic heterocycles. The van der Waals surface area contributed by atoms with Crippen LogP contribution in [0.5, 0.6) is 0 Å². The van der Waals surface area contributed by atoms with E-state index < -0.39 is 23.2 Å². The molecule has 4 unspecified atom stereocenters. The van der Waals surface area contributed by atoms with Gasteiger partial charge in [-0.1, -0.05) is 37.8 Å². The molecule has 4 N–H and O–H groups in total. The molecule has 0 aromatic rings. The van der Waals surface area contributed by atoms with Gasteiger partial charge in [-0.3, -0.25) is 5.32 Å². The van der Waals surface area contributed by atoms with Crippen molar-refractivity contribution in [1.82, 2.24) is 10.0 Å². The van der Waals surface area contributed by atoms with Crippen LogP contribution in [0.15, 0.2) is 36.5 Å². The molecule has 0 spiro atoms. The Morgan fingerprint density at radius 1 is 1.21 bits per heavy atom. The first-order valence-corrected chi connectivity index (χ1v) is 11.1. The second-order valence-electron chi connectivity index (χ2n) is 8.97. The smallest absolute Gasteiger partial charge is 0.136 e. The number of hydrogen-bond acceptors (Lipinski definition) is 5. The summed E-state index contributed by atoms with van der Waals surface area (Å²) in [6, 6.07) is -0.0765. The first-order chi connectivity index (χ1) is 12.7. The zero-order valence-corrected chi connectivity index (χ0v) is 19.7. The predicted molar refractivity (Wildman–Crippen MR) is 121 cm³/mol. The molecule has 0 aromatic carbocycles. The van der Waals surface area contributed by atoms with E-state index >= 15 is 0 Å². The Bertz CT molecular complexity index is 526. The van der Waals surface area contributed by atoms with Crippen molar-refractivity contribution < 1.29 is 14.8 Å². The average Bonchev–Trinajstić information content (AvgIpc) is 2.59. The highest BCUT2D eigenvalue weighted by Gasteiger charge is 2.26. The molecule has 5 atom stereocenters. The minimum atomic E-state index is -1.08. The SMILES string of the molecule is C=C[C@@](C)(O)/C(C)=C/CC(NC(O)CCC(C)CN[S+]([O-])C(C)(C)C)C(=C)C. The topological polar surface area (TPSA) is 87.6 Å². The van der Waals surface area contributed by atoms with E-state index in [1.165, 1.54) is 6.08 Å². The van der Waals surface area contributed by atoms with E-state index in [1.54, 1.807) is 6.92 Å². The molecule has 164 valence electrons. The van der Waals surface area contributed by atoms with Gasteiger partial charge in [0.1, 0.15) is 16.6 Å². The van der Waals surface area contributed by atoms with Crippen molar-refractivity contribution in [2.24, 2.45) is 5.92 Å². The van der Waals surface area contributed by atoms with Gasteiger partial charge >= 0.3 is 0 Å². The minimum absolute atomic E-state index is 0.0765. The third-order valence-electron chi connectivity index (χ3n) is 4.90. The van der Waals surface area contributed by atoms with Gasteiger partial charge in [0.2, 0.25) is 0 Å². The number of aliphatic hydroxyl groups is 2. The van der Waals surface area contributed by atoms with Crippen LogP contribution < -0.4 is 10.0 Å². The van der Waals surface area contributed by atoms with Crippen molar-refractivity contribution in [2.45, 2.75) is 90.3 Å². The molecule has 6 heteroatoms. The molecular weight excluding hydrogens is 372 g/mol. The van der Waals surface area contributed by atoms with Gasteiger partial charge in [-0.25, -0.2) is 0 Å². The van der Waals surface area contributed by atoms with E-state index in [4.69, 9.17) is 0 Å². The summed E-state index contributed by atoms with van der Waals surface area (Å²) in [5.41, 5.74) is 0.710. The molecule has 0 aliphatic carbocycles. The highest BCUT2D eigenvalue weighted by molar-refractivity contribution is 7.90. The number of aliphatic hydroxyl groups excluding tert-OH is 1. The fraction of sp³-hybridized carbons (Fsp3) is 0.727. The third kappa shape index (κ3) is 10.8. The number of hydrogen-bond donors (Lipinski definition) is 4. The Labute approximate surface area is 175 Å². The second kappa shape index (κ2) is 12.2. The average molecular weight is 415 g/mol. The zero-order chi connectivity index (χ0) is 22.1. The van der Waals surface area contributed by atoms with Gasteiger partial charge in [0.05, 0.1) is 0 Å². The first kappa shape index (κ1) is 27.4. The quantitative estimate of drug-likeness (QED) is 0.210. The van der Waals surface area contributed by atoms with Crippen LogP contribution in [0.1, 0.15) is 67.7 Å².